The Balaban J connectivity index is 1.90. The Kier molecular flexibility index (Phi) is 4.36. The second-order valence-electron chi connectivity index (χ2n) is 7.02. The summed E-state index contributed by atoms with van der Waals surface area (Å²) in [6.45, 7) is 6.34. The van der Waals surface area contributed by atoms with E-state index >= 15 is 0 Å². The summed E-state index contributed by atoms with van der Waals surface area (Å²) < 4.78 is 51.4. The summed E-state index contributed by atoms with van der Waals surface area (Å²) in [5, 5.41) is 0. The van der Waals surface area contributed by atoms with Crippen molar-refractivity contribution in [2.75, 3.05) is 13.7 Å². The van der Waals surface area contributed by atoms with E-state index in [9.17, 15) is 12.8 Å². The highest BCUT2D eigenvalue weighted by atomic mass is 32.2. The van der Waals surface area contributed by atoms with Gasteiger partial charge in [-0.1, -0.05) is 20.8 Å². The number of fused-ring (bicyclic) bond motifs is 1. The molecule has 0 atom stereocenters. The number of hydrogen-bond acceptors (Lipinski definition) is 5. The lowest BCUT2D eigenvalue weighted by atomic mass is 9.97. The van der Waals surface area contributed by atoms with Crippen molar-refractivity contribution < 1.29 is 22.0 Å². The summed E-state index contributed by atoms with van der Waals surface area (Å²) in [6.07, 6.45) is 0.441. The molecule has 2 heterocycles. The van der Waals surface area contributed by atoms with Crippen molar-refractivity contribution in [2.45, 2.75) is 44.0 Å². The van der Waals surface area contributed by atoms with Crippen LogP contribution >= 0.6 is 0 Å². The van der Waals surface area contributed by atoms with Gasteiger partial charge in [-0.3, -0.25) is 0 Å². The smallest absolute Gasteiger partial charge is 0.243 e. The molecule has 1 aliphatic rings. The van der Waals surface area contributed by atoms with Crippen LogP contribution in [0.25, 0.3) is 0 Å². The molecular formula is C17H21FN2O4S. The molecule has 0 amide bonds. The van der Waals surface area contributed by atoms with Crippen molar-refractivity contribution in [3.63, 3.8) is 0 Å². The summed E-state index contributed by atoms with van der Waals surface area (Å²) in [5.41, 5.74) is 0.369. The molecule has 8 heteroatoms. The van der Waals surface area contributed by atoms with Gasteiger partial charge in [0.1, 0.15) is 5.76 Å². The summed E-state index contributed by atoms with van der Waals surface area (Å²) >= 11 is 0. The van der Waals surface area contributed by atoms with E-state index in [1.165, 1.54) is 23.5 Å². The van der Waals surface area contributed by atoms with Crippen molar-refractivity contribution in [1.82, 2.24) is 9.29 Å². The minimum Gasteiger partial charge on any atom is -0.494 e. The van der Waals surface area contributed by atoms with E-state index in [2.05, 4.69) is 4.98 Å². The third-order valence-electron chi connectivity index (χ3n) is 4.10. The van der Waals surface area contributed by atoms with Crippen LogP contribution in [-0.4, -0.2) is 31.4 Å². The van der Waals surface area contributed by atoms with Gasteiger partial charge in [0, 0.05) is 18.4 Å². The fourth-order valence-corrected chi connectivity index (χ4v) is 4.07. The van der Waals surface area contributed by atoms with Gasteiger partial charge in [0.2, 0.25) is 10.0 Å². The van der Waals surface area contributed by atoms with Crippen LogP contribution < -0.4 is 4.74 Å². The minimum absolute atomic E-state index is 0.00574. The second kappa shape index (κ2) is 6.10. The van der Waals surface area contributed by atoms with Gasteiger partial charge >= 0.3 is 0 Å². The van der Waals surface area contributed by atoms with Crippen LogP contribution in [0.2, 0.25) is 0 Å². The molecule has 0 N–H and O–H groups in total. The predicted molar refractivity (Wildman–Crippen MR) is 89.5 cm³/mol. The average Bonchev–Trinajstić information content (AvgIpc) is 2.98. The number of aromatic nitrogens is 1. The molecule has 0 spiro atoms. The number of oxazole rings is 1. The molecule has 1 aromatic carbocycles. The van der Waals surface area contributed by atoms with Gasteiger partial charge in [-0.2, -0.15) is 4.31 Å². The van der Waals surface area contributed by atoms with Gasteiger partial charge in [0.05, 0.1) is 24.2 Å². The summed E-state index contributed by atoms with van der Waals surface area (Å²) in [7, 11) is -2.49. The molecule has 0 fully saturated rings. The zero-order valence-electron chi connectivity index (χ0n) is 14.7. The summed E-state index contributed by atoms with van der Waals surface area (Å²) in [6, 6.07) is 3.63. The van der Waals surface area contributed by atoms with E-state index < -0.39 is 15.8 Å². The van der Waals surface area contributed by atoms with Gasteiger partial charge in [-0.05, 0) is 18.2 Å². The molecule has 25 heavy (non-hydrogen) atoms. The summed E-state index contributed by atoms with van der Waals surface area (Å²) in [5.74, 6) is 0.605. The molecular weight excluding hydrogens is 347 g/mol. The Hall–Kier alpha value is -1.93. The third-order valence-corrected chi connectivity index (χ3v) is 5.94. The molecule has 6 nitrogen and oxygen atoms in total. The normalized spacial score (nSPS) is 15.9. The fraction of sp³-hybridized carbons (Fsp3) is 0.471. The lowest BCUT2D eigenvalue weighted by Gasteiger charge is -2.24. The average molecular weight is 368 g/mol. The van der Waals surface area contributed by atoms with Crippen LogP contribution in [0.3, 0.4) is 0 Å². The molecule has 1 aromatic heterocycles. The minimum atomic E-state index is -3.82. The highest BCUT2D eigenvalue weighted by molar-refractivity contribution is 7.89. The number of benzene rings is 1. The van der Waals surface area contributed by atoms with E-state index in [1.54, 1.807) is 0 Å². The van der Waals surface area contributed by atoms with E-state index in [0.29, 0.717) is 18.0 Å². The van der Waals surface area contributed by atoms with E-state index in [0.717, 1.165) is 11.8 Å². The molecule has 136 valence electrons. The van der Waals surface area contributed by atoms with Crippen molar-refractivity contribution in [1.29, 1.82) is 0 Å². The van der Waals surface area contributed by atoms with Crippen LogP contribution in [0, 0.1) is 5.82 Å². The molecule has 0 aliphatic carbocycles. The van der Waals surface area contributed by atoms with Crippen LogP contribution in [0.4, 0.5) is 4.39 Å². The van der Waals surface area contributed by atoms with Gasteiger partial charge in [0.15, 0.2) is 17.5 Å². The number of methoxy groups -OCH3 is 1. The Morgan fingerprint density at radius 3 is 2.64 bits per heavy atom. The van der Waals surface area contributed by atoms with Gasteiger partial charge in [-0.25, -0.2) is 17.8 Å². The molecule has 1 aliphatic heterocycles. The number of rotatable bonds is 3. The van der Waals surface area contributed by atoms with Crippen LogP contribution in [-0.2, 0) is 28.4 Å². The van der Waals surface area contributed by atoms with E-state index in [1.807, 2.05) is 20.8 Å². The molecule has 0 unspecified atom stereocenters. The van der Waals surface area contributed by atoms with Crippen LogP contribution in [0.1, 0.15) is 38.1 Å². The molecule has 0 radical (unpaired) electrons. The topological polar surface area (TPSA) is 72.6 Å². The van der Waals surface area contributed by atoms with Crippen molar-refractivity contribution in [3.05, 3.63) is 41.4 Å². The van der Waals surface area contributed by atoms with Gasteiger partial charge < -0.3 is 9.15 Å². The standard InChI is InChI=1S/C17H21FN2O4S/c1-17(2,3)16-19-13-10-20(8-7-15(13)24-16)25(21,22)11-5-6-14(23-4)12(18)9-11/h5-6,9H,7-8,10H2,1-4H3. The lowest BCUT2D eigenvalue weighted by Crippen LogP contribution is -2.35. The lowest BCUT2D eigenvalue weighted by molar-refractivity contribution is 0.338. The fourth-order valence-electron chi connectivity index (χ4n) is 2.66. The Labute approximate surface area is 146 Å². The second-order valence-corrected chi connectivity index (χ2v) is 8.96. The summed E-state index contributed by atoms with van der Waals surface area (Å²) in [4.78, 5) is 4.35. The Bertz CT molecular complexity index is 900. The van der Waals surface area contributed by atoms with Crippen molar-refractivity contribution >= 4 is 10.0 Å². The number of halogens is 1. The largest absolute Gasteiger partial charge is 0.494 e. The first-order valence-corrected chi connectivity index (χ1v) is 9.39. The first-order chi connectivity index (χ1) is 11.6. The zero-order valence-corrected chi connectivity index (χ0v) is 15.5. The first kappa shape index (κ1) is 17.9. The zero-order chi connectivity index (χ0) is 18.4. The van der Waals surface area contributed by atoms with E-state index in [4.69, 9.17) is 9.15 Å². The number of ether oxygens (including phenoxy) is 1. The Morgan fingerprint density at radius 2 is 2.04 bits per heavy atom. The van der Waals surface area contributed by atoms with Crippen LogP contribution in [0.15, 0.2) is 27.5 Å². The number of sulfonamides is 1. The number of hydrogen-bond donors (Lipinski definition) is 0. The highest BCUT2D eigenvalue weighted by Gasteiger charge is 2.33. The SMILES string of the molecule is COc1ccc(S(=O)(=O)N2CCc3oc(C(C)(C)C)nc3C2)cc1F. The maximum atomic E-state index is 13.9. The molecule has 0 saturated carbocycles. The van der Waals surface area contributed by atoms with E-state index in [-0.39, 0.29) is 29.1 Å². The predicted octanol–water partition coefficient (Wildman–Crippen LogP) is 2.87. The molecule has 3 rings (SSSR count). The molecule has 2 aromatic rings. The first-order valence-electron chi connectivity index (χ1n) is 7.95. The Morgan fingerprint density at radius 1 is 1.32 bits per heavy atom. The highest BCUT2D eigenvalue weighted by Crippen LogP contribution is 2.30. The van der Waals surface area contributed by atoms with Crippen molar-refractivity contribution in [3.8, 4) is 5.75 Å². The van der Waals surface area contributed by atoms with Gasteiger partial charge in [-0.15, -0.1) is 0 Å². The number of nitrogens with zero attached hydrogens (tertiary/aromatic N) is 2. The van der Waals surface area contributed by atoms with Gasteiger partial charge in [0.25, 0.3) is 0 Å². The maximum absolute atomic E-state index is 13.9. The monoisotopic (exact) mass is 368 g/mol. The molecule has 0 bridgehead atoms. The maximum Gasteiger partial charge on any atom is 0.243 e. The van der Waals surface area contributed by atoms with Crippen molar-refractivity contribution in [2.24, 2.45) is 0 Å². The molecule has 0 saturated heterocycles. The third kappa shape index (κ3) is 3.28. The quantitative estimate of drug-likeness (QED) is 0.833. The van der Waals surface area contributed by atoms with Crippen LogP contribution in [0.5, 0.6) is 5.75 Å².